The number of benzene rings is 3. The first-order valence-electron chi connectivity index (χ1n) is 13.6. The Morgan fingerprint density at radius 2 is 1.77 bits per heavy atom. The van der Waals surface area contributed by atoms with Gasteiger partial charge < -0.3 is 19.7 Å². The van der Waals surface area contributed by atoms with E-state index in [0.717, 1.165) is 39.7 Å². The van der Waals surface area contributed by atoms with Crippen molar-refractivity contribution in [3.8, 4) is 5.75 Å². The van der Waals surface area contributed by atoms with E-state index in [4.69, 9.17) is 16.3 Å². The van der Waals surface area contributed by atoms with Crippen molar-refractivity contribution >= 4 is 34.4 Å². The first-order chi connectivity index (χ1) is 19.0. The van der Waals surface area contributed by atoms with Crippen LogP contribution in [-0.4, -0.2) is 34.2 Å². The fourth-order valence-electron chi connectivity index (χ4n) is 4.94. The number of carbonyl (C=O) groups excluding carboxylic acids is 1. The average molecular weight is 561 g/mol. The maximum Gasteiger partial charge on any atom is 0.344 e. The summed E-state index contributed by atoms with van der Waals surface area (Å²) in [6, 6.07) is 17.8. The van der Waals surface area contributed by atoms with Gasteiger partial charge in [0.15, 0.2) is 6.10 Å². The summed E-state index contributed by atoms with van der Waals surface area (Å²) in [7, 11) is 0. The van der Waals surface area contributed by atoms with Crippen molar-refractivity contribution in [2.45, 2.75) is 66.5 Å². The van der Waals surface area contributed by atoms with E-state index < -0.39 is 12.1 Å². The number of aryl methyl sites for hydroxylation is 2. The predicted octanol–water partition coefficient (Wildman–Crippen LogP) is 7.22. The van der Waals surface area contributed by atoms with Gasteiger partial charge in [-0.1, -0.05) is 49.7 Å². The van der Waals surface area contributed by atoms with Crippen LogP contribution >= 0.6 is 11.6 Å². The highest BCUT2D eigenvalue weighted by Gasteiger charge is 2.18. The fraction of sp³-hybridized carbons (Fsp3) is 0.333. The van der Waals surface area contributed by atoms with Crippen LogP contribution in [0.15, 0.2) is 54.6 Å². The molecule has 3 aromatic carbocycles. The predicted molar refractivity (Wildman–Crippen MR) is 161 cm³/mol. The van der Waals surface area contributed by atoms with Gasteiger partial charge in [0.1, 0.15) is 5.75 Å². The molecule has 0 aliphatic rings. The number of carbonyl (C=O) groups is 2. The summed E-state index contributed by atoms with van der Waals surface area (Å²) < 4.78 is 7.79. The van der Waals surface area contributed by atoms with Gasteiger partial charge in [-0.15, -0.1) is 0 Å². The highest BCUT2D eigenvalue weighted by Crippen LogP contribution is 2.32. The molecular weight excluding hydrogens is 524 g/mol. The molecule has 7 heteroatoms. The molecule has 0 bridgehead atoms. The van der Waals surface area contributed by atoms with Crippen molar-refractivity contribution in [3.05, 3.63) is 98.7 Å². The minimum atomic E-state index is -1.03. The number of amides is 1. The maximum atomic E-state index is 13.0. The number of nitrogens with one attached hydrogen (secondary N) is 1. The fourth-order valence-corrected chi connectivity index (χ4v) is 5.11. The molecular formula is C33H37ClN2O4. The molecule has 0 fully saturated rings. The largest absolute Gasteiger partial charge is 0.479 e. The first kappa shape index (κ1) is 29.2. The number of hydrogen-bond donors (Lipinski definition) is 2. The topological polar surface area (TPSA) is 80.6 Å². The number of ether oxygens (including phenoxy) is 1. The molecule has 0 saturated heterocycles. The highest BCUT2D eigenvalue weighted by atomic mass is 35.5. The standard InChI is InChI=1S/C33H37ClN2O4/c1-19(2)25-9-7-8-24(15-25)12-13-35-32(37)26-10-11-30-29(17-26)21(4)22(5)36(30)18-27-16-28(14-20(3)31(27)34)40-23(6)33(38)39/h7-11,14-17,19,23H,12-13,18H2,1-6H3,(H,35,37)(H,38,39)/t23-/m0/s1. The number of fused-ring (bicyclic) bond motifs is 1. The number of hydrogen-bond acceptors (Lipinski definition) is 3. The summed E-state index contributed by atoms with van der Waals surface area (Å²) in [5, 5.41) is 13.9. The molecule has 0 unspecified atom stereocenters. The Bertz CT molecular complexity index is 1570. The minimum Gasteiger partial charge on any atom is -0.479 e. The van der Waals surface area contributed by atoms with E-state index in [-0.39, 0.29) is 5.91 Å². The third kappa shape index (κ3) is 6.34. The van der Waals surface area contributed by atoms with Gasteiger partial charge in [-0.2, -0.15) is 0 Å². The van der Waals surface area contributed by atoms with E-state index >= 15 is 0 Å². The van der Waals surface area contributed by atoms with Gasteiger partial charge in [-0.25, -0.2) is 4.79 Å². The molecule has 2 N–H and O–H groups in total. The van der Waals surface area contributed by atoms with E-state index in [1.807, 2.05) is 32.0 Å². The zero-order chi connectivity index (χ0) is 29.1. The third-order valence-electron chi connectivity index (χ3n) is 7.51. The summed E-state index contributed by atoms with van der Waals surface area (Å²) in [5.41, 5.74) is 7.93. The van der Waals surface area contributed by atoms with Crippen LogP contribution in [-0.2, 0) is 17.8 Å². The number of carboxylic acids is 1. The SMILES string of the molecule is Cc1cc(O[C@@H](C)C(=O)O)cc(Cn2c(C)c(C)c3cc(C(=O)NCCc4cccc(C(C)C)c4)ccc32)c1Cl. The molecule has 6 nitrogen and oxygen atoms in total. The summed E-state index contributed by atoms with van der Waals surface area (Å²) in [6.45, 7) is 12.9. The van der Waals surface area contributed by atoms with Crippen LogP contribution in [0.1, 0.15) is 70.6 Å². The lowest BCUT2D eigenvalue weighted by Gasteiger charge is -2.16. The van der Waals surface area contributed by atoms with Gasteiger partial charge in [-0.3, -0.25) is 4.79 Å². The third-order valence-corrected chi connectivity index (χ3v) is 8.05. The van der Waals surface area contributed by atoms with E-state index in [9.17, 15) is 14.7 Å². The number of carboxylic acid groups (broad SMARTS) is 1. The van der Waals surface area contributed by atoms with E-state index in [0.29, 0.717) is 35.3 Å². The van der Waals surface area contributed by atoms with Crippen molar-refractivity contribution in [3.63, 3.8) is 0 Å². The Balaban J connectivity index is 1.54. The van der Waals surface area contributed by atoms with Crippen LogP contribution in [0.2, 0.25) is 5.02 Å². The van der Waals surface area contributed by atoms with E-state index in [1.54, 1.807) is 12.1 Å². The smallest absolute Gasteiger partial charge is 0.344 e. The van der Waals surface area contributed by atoms with Gasteiger partial charge in [0.05, 0.1) is 0 Å². The van der Waals surface area contributed by atoms with Gasteiger partial charge >= 0.3 is 5.97 Å². The van der Waals surface area contributed by atoms with Crippen molar-refractivity contribution in [2.75, 3.05) is 6.54 Å². The Hall–Kier alpha value is -3.77. The van der Waals surface area contributed by atoms with Crippen LogP contribution in [0.25, 0.3) is 10.9 Å². The lowest BCUT2D eigenvalue weighted by atomic mass is 10.00. The molecule has 4 aromatic rings. The highest BCUT2D eigenvalue weighted by molar-refractivity contribution is 6.32. The minimum absolute atomic E-state index is 0.0946. The quantitative estimate of drug-likeness (QED) is 0.215. The summed E-state index contributed by atoms with van der Waals surface area (Å²) in [4.78, 5) is 24.3. The van der Waals surface area contributed by atoms with Gasteiger partial charge in [-0.05, 0) is 98.2 Å². The van der Waals surface area contributed by atoms with E-state index in [2.05, 4.69) is 54.9 Å². The monoisotopic (exact) mass is 560 g/mol. The van der Waals surface area contributed by atoms with Gasteiger partial charge in [0.25, 0.3) is 5.91 Å². The van der Waals surface area contributed by atoms with Crippen molar-refractivity contribution in [2.24, 2.45) is 0 Å². The number of aromatic nitrogens is 1. The van der Waals surface area contributed by atoms with Crippen LogP contribution in [0.4, 0.5) is 0 Å². The summed E-state index contributed by atoms with van der Waals surface area (Å²) in [6.07, 6.45) is -0.198. The number of aliphatic carboxylic acids is 1. The molecule has 4 rings (SSSR count). The molecule has 0 aliphatic carbocycles. The first-order valence-corrected chi connectivity index (χ1v) is 14.0. The van der Waals surface area contributed by atoms with Crippen molar-refractivity contribution < 1.29 is 19.4 Å². The molecule has 1 amide bonds. The van der Waals surface area contributed by atoms with E-state index in [1.165, 1.54) is 18.1 Å². The molecule has 0 saturated carbocycles. The van der Waals surface area contributed by atoms with Crippen molar-refractivity contribution in [1.29, 1.82) is 0 Å². The van der Waals surface area contributed by atoms with Crippen molar-refractivity contribution in [1.82, 2.24) is 9.88 Å². The average Bonchev–Trinajstić information content (AvgIpc) is 3.15. The summed E-state index contributed by atoms with van der Waals surface area (Å²) >= 11 is 6.67. The second kappa shape index (κ2) is 12.2. The number of halogens is 1. The molecule has 0 spiro atoms. The normalized spacial score (nSPS) is 12.1. The van der Waals surface area contributed by atoms with Gasteiger partial charge in [0, 0.05) is 40.3 Å². The molecule has 1 heterocycles. The van der Waals surface area contributed by atoms with Crippen LogP contribution in [0.5, 0.6) is 5.75 Å². The lowest BCUT2D eigenvalue weighted by molar-refractivity contribution is -0.144. The second-order valence-electron chi connectivity index (χ2n) is 10.7. The van der Waals surface area contributed by atoms with Crippen LogP contribution < -0.4 is 10.1 Å². The number of rotatable bonds is 10. The summed E-state index contributed by atoms with van der Waals surface area (Å²) in [5.74, 6) is -0.189. The maximum absolute atomic E-state index is 13.0. The Morgan fingerprint density at radius 3 is 2.48 bits per heavy atom. The molecule has 0 radical (unpaired) electrons. The Labute approximate surface area is 240 Å². The molecule has 1 atom stereocenters. The lowest BCUT2D eigenvalue weighted by Crippen LogP contribution is -2.25. The zero-order valence-corrected chi connectivity index (χ0v) is 24.7. The van der Waals surface area contributed by atoms with Crippen LogP contribution in [0.3, 0.4) is 0 Å². The Kier molecular flexibility index (Phi) is 8.89. The second-order valence-corrected chi connectivity index (χ2v) is 11.1. The molecule has 1 aromatic heterocycles. The molecule has 40 heavy (non-hydrogen) atoms. The number of nitrogens with zero attached hydrogens (tertiary/aromatic N) is 1. The molecule has 210 valence electrons. The van der Waals surface area contributed by atoms with Crippen LogP contribution in [0, 0.1) is 20.8 Å². The van der Waals surface area contributed by atoms with Gasteiger partial charge in [0.2, 0.25) is 0 Å². The molecule has 0 aliphatic heterocycles. The Morgan fingerprint density at radius 1 is 1.02 bits per heavy atom. The zero-order valence-electron chi connectivity index (χ0n) is 24.0.